The number of carbonyl (C=O) groups excluding carboxylic acids is 1. The van der Waals surface area contributed by atoms with Crippen molar-refractivity contribution in [2.45, 2.75) is 6.92 Å². The summed E-state index contributed by atoms with van der Waals surface area (Å²) in [6.07, 6.45) is 0. The molecule has 1 atom stereocenters. The van der Waals surface area contributed by atoms with E-state index in [1.807, 2.05) is 13.0 Å². The second-order valence-electron chi connectivity index (χ2n) is 2.44. The molecule has 2 N–H and O–H groups in total. The number of aryl methyl sites for hydroxylation is 1. The first-order valence-corrected chi connectivity index (χ1v) is 3.85. The van der Waals surface area contributed by atoms with Crippen LogP contribution in [0.3, 0.4) is 0 Å². The second kappa shape index (κ2) is 3.02. The Labute approximate surface area is 68.0 Å². The van der Waals surface area contributed by atoms with Gasteiger partial charge in [0.25, 0.3) is 0 Å². The van der Waals surface area contributed by atoms with Crippen LogP contribution in [0, 0.1) is 6.92 Å². The van der Waals surface area contributed by atoms with Crippen LogP contribution in [0.4, 0.5) is 0 Å². The summed E-state index contributed by atoms with van der Waals surface area (Å²) < 4.78 is 0. The summed E-state index contributed by atoms with van der Waals surface area (Å²) in [7, 11) is 2.56. The van der Waals surface area contributed by atoms with Gasteiger partial charge in [0.2, 0.25) is 5.91 Å². The van der Waals surface area contributed by atoms with Gasteiger partial charge >= 0.3 is 0 Å². The molecule has 0 aliphatic heterocycles. The average Bonchev–Trinajstić information content (AvgIpc) is 1.94. The van der Waals surface area contributed by atoms with Gasteiger partial charge in [-0.25, -0.2) is 0 Å². The number of carbonyl (C=O) groups is 1. The van der Waals surface area contributed by atoms with Gasteiger partial charge < -0.3 is 5.73 Å². The predicted molar refractivity (Wildman–Crippen MR) is 49.0 cm³/mol. The van der Waals surface area contributed by atoms with Gasteiger partial charge in [-0.2, -0.15) is 0 Å². The monoisotopic (exact) mass is 167 g/mol. The van der Waals surface area contributed by atoms with Crippen LogP contribution >= 0.6 is 9.24 Å². The Bertz CT molecular complexity index is 296. The van der Waals surface area contributed by atoms with E-state index in [0.717, 1.165) is 10.9 Å². The summed E-state index contributed by atoms with van der Waals surface area (Å²) in [5, 5.41) is 1.02. The van der Waals surface area contributed by atoms with E-state index in [4.69, 9.17) is 5.73 Å². The van der Waals surface area contributed by atoms with Crippen LogP contribution in [-0.4, -0.2) is 5.91 Å². The zero-order valence-corrected chi connectivity index (χ0v) is 7.45. The van der Waals surface area contributed by atoms with Gasteiger partial charge in [0, 0.05) is 5.56 Å². The van der Waals surface area contributed by atoms with Crippen molar-refractivity contribution in [1.82, 2.24) is 0 Å². The van der Waals surface area contributed by atoms with E-state index in [0.29, 0.717) is 5.56 Å². The predicted octanol–water partition coefficient (Wildman–Crippen LogP) is 0.594. The minimum absolute atomic E-state index is 0.381. The molecule has 0 aliphatic carbocycles. The van der Waals surface area contributed by atoms with Crippen LogP contribution in [-0.2, 0) is 0 Å². The number of primary amides is 1. The van der Waals surface area contributed by atoms with Gasteiger partial charge in [0.05, 0.1) is 0 Å². The normalized spacial score (nSPS) is 9.64. The number of hydrogen-bond donors (Lipinski definition) is 1. The Kier molecular flexibility index (Phi) is 2.25. The molecule has 1 aromatic rings. The lowest BCUT2D eigenvalue weighted by molar-refractivity contribution is 0.100. The van der Waals surface area contributed by atoms with Crippen molar-refractivity contribution in [2.24, 2.45) is 5.73 Å². The van der Waals surface area contributed by atoms with E-state index in [1.165, 1.54) is 0 Å². The number of hydrogen-bond acceptors (Lipinski definition) is 1. The Morgan fingerprint density at radius 1 is 1.55 bits per heavy atom. The number of amides is 1. The molecule has 0 aliphatic rings. The maximum atomic E-state index is 10.7. The fourth-order valence-corrected chi connectivity index (χ4v) is 1.07. The summed E-state index contributed by atoms with van der Waals surface area (Å²) in [5.74, 6) is -0.381. The fourth-order valence-electron chi connectivity index (χ4n) is 0.794. The second-order valence-corrected chi connectivity index (χ2v) is 3.06. The highest BCUT2D eigenvalue weighted by molar-refractivity contribution is 7.27. The van der Waals surface area contributed by atoms with Crippen LogP contribution < -0.4 is 11.0 Å². The average molecular weight is 167 g/mol. The molecule has 58 valence electrons. The fraction of sp³-hybridized carbons (Fsp3) is 0.125. The van der Waals surface area contributed by atoms with Crippen molar-refractivity contribution in [3.8, 4) is 0 Å². The first-order valence-electron chi connectivity index (χ1n) is 3.27. The number of nitrogens with two attached hydrogens (primary N) is 1. The summed E-state index contributed by atoms with van der Waals surface area (Å²) in [6, 6.07) is 5.37. The summed E-state index contributed by atoms with van der Waals surface area (Å²) in [6.45, 7) is 1.98. The van der Waals surface area contributed by atoms with Crippen LogP contribution in [0.2, 0.25) is 0 Å². The third-order valence-corrected chi connectivity index (χ3v) is 2.19. The summed E-state index contributed by atoms with van der Waals surface area (Å²) in [4.78, 5) is 10.7. The molecule has 2 nitrogen and oxygen atoms in total. The number of benzene rings is 1. The quantitative estimate of drug-likeness (QED) is 0.611. The highest BCUT2D eigenvalue weighted by Crippen LogP contribution is 2.03. The van der Waals surface area contributed by atoms with Crippen LogP contribution in [0.5, 0.6) is 0 Å². The van der Waals surface area contributed by atoms with Crippen molar-refractivity contribution in [3.05, 3.63) is 29.3 Å². The lowest BCUT2D eigenvalue weighted by Crippen LogP contribution is -2.13. The van der Waals surface area contributed by atoms with Crippen molar-refractivity contribution >= 4 is 20.5 Å². The lowest BCUT2D eigenvalue weighted by Gasteiger charge is -2.00. The lowest BCUT2D eigenvalue weighted by atomic mass is 10.1. The molecule has 3 heteroatoms. The van der Waals surface area contributed by atoms with Crippen LogP contribution in [0.25, 0.3) is 0 Å². The Hall–Kier alpha value is -0.880. The molecule has 1 rings (SSSR count). The molecule has 11 heavy (non-hydrogen) atoms. The zero-order chi connectivity index (χ0) is 8.43. The van der Waals surface area contributed by atoms with Crippen molar-refractivity contribution in [1.29, 1.82) is 0 Å². The van der Waals surface area contributed by atoms with Crippen molar-refractivity contribution in [3.63, 3.8) is 0 Å². The molecule has 0 fully saturated rings. The van der Waals surface area contributed by atoms with E-state index in [1.54, 1.807) is 12.1 Å². The summed E-state index contributed by atoms with van der Waals surface area (Å²) in [5.41, 5.74) is 6.78. The highest BCUT2D eigenvalue weighted by atomic mass is 31.0. The third-order valence-electron chi connectivity index (χ3n) is 1.56. The first kappa shape index (κ1) is 8.22. The molecular formula is C8H10NOP. The Morgan fingerprint density at radius 3 is 2.64 bits per heavy atom. The molecule has 0 aromatic heterocycles. The minimum Gasteiger partial charge on any atom is -0.366 e. The number of rotatable bonds is 1. The van der Waals surface area contributed by atoms with E-state index in [2.05, 4.69) is 9.24 Å². The van der Waals surface area contributed by atoms with Gasteiger partial charge in [-0.1, -0.05) is 6.07 Å². The van der Waals surface area contributed by atoms with Crippen LogP contribution in [0.15, 0.2) is 18.2 Å². The van der Waals surface area contributed by atoms with Crippen molar-refractivity contribution < 1.29 is 4.79 Å². The van der Waals surface area contributed by atoms with Gasteiger partial charge in [-0.15, -0.1) is 9.24 Å². The van der Waals surface area contributed by atoms with Gasteiger partial charge in [0.15, 0.2) is 0 Å². The van der Waals surface area contributed by atoms with Gasteiger partial charge in [-0.05, 0) is 29.9 Å². The smallest absolute Gasteiger partial charge is 0.248 e. The van der Waals surface area contributed by atoms with E-state index >= 15 is 0 Å². The minimum atomic E-state index is -0.381. The first-order chi connectivity index (χ1) is 5.11. The zero-order valence-electron chi connectivity index (χ0n) is 6.29. The molecule has 0 heterocycles. The molecule has 1 amide bonds. The molecule has 0 radical (unpaired) electrons. The van der Waals surface area contributed by atoms with Crippen LogP contribution in [0.1, 0.15) is 15.9 Å². The van der Waals surface area contributed by atoms with Gasteiger partial charge in [0.1, 0.15) is 0 Å². The molecule has 1 aromatic carbocycles. The van der Waals surface area contributed by atoms with Gasteiger partial charge in [-0.3, -0.25) is 4.79 Å². The summed E-state index contributed by atoms with van der Waals surface area (Å²) >= 11 is 0. The largest absolute Gasteiger partial charge is 0.366 e. The van der Waals surface area contributed by atoms with E-state index in [9.17, 15) is 4.79 Å². The Balaban J connectivity index is 3.15. The Morgan fingerprint density at radius 2 is 2.18 bits per heavy atom. The SMILES string of the molecule is Cc1ccc(C(N)=O)cc1P. The molecule has 1 unspecified atom stereocenters. The standard InChI is InChI=1S/C8H10NOP/c1-5-2-3-6(8(9)10)4-7(5)11/h2-4H,11H2,1H3,(H2,9,10). The van der Waals surface area contributed by atoms with E-state index in [-0.39, 0.29) is 5.91 Å². The molecule has 0 saturated heterocycles. The molecule has 0 spiro atoms. The maximum Gasteiger partial charge on any atom is 0.248 e. The molecular weight excluding hydrogens is 157 g/mol. The highest BCUT2D eigenvalue weighted by Gasteiger charge is 2.00. The topological polar surface area (TPSA) is 43.1 Å². The third kappa shape index (κ3) is 1.78. The molecule has 0 bridgehead atoms. The molecule has 0 saturated carbocycles. The van der Waals surface area contributed by atoms with Crippen molar-refractivity contribution in [2.75, 3.05) is 0 Å². The van der Waals surface area contributed by atoms with E-state index < -0.39 is 0 Å². The maximum absolute atomic E-state index is 10.7.